The van der Waals surface area contributed by atoms with Gasteiger partial charge < -0.3 is 0 Å². The van der Waals surface area contributed by atoms with Crippen molar-refractivity contribution in [3.05, 3.63) is 44.7 Å². The molecule has 0 aliphatic heterocycles. The van der Waals surface area contributed by atoms with E-state index in [0.717, 1.165) is 0 Å². The van der Waals surface area contributed by atoms with Crippen molar-refractivity contribution in [2.45, 2.75) is 25.2 Å². The molecule has 0 spiro atoms. The van der Waals surface area contributed by atoms with Crippen LogP contribution in [0.25, 0.3) is 0 Å². The number of benzene rings is 1. The Balaban J connectivity index is 2.46. The second-order valence-corrected chi connectivity index (χ2v) is 6.87. The minimum atomic E-state index is -4.00. The zero-order valence-corrected chi connectivity index (χ0v) is 14.3. The summed E-state index contributed by atoms with van der Waals surface area (Å²) in [5, 5.41) is 15.0. The Bertz CT molecular complexity index is 876. The van der Waals surface area contributed by atoms with Gasteiger partial charge in [-0.05, 0) is 19.4 Å². The molecule has 0 unspecified atom stereocenters. The molecule has 0 saturated carbocycles. The highest BCUT2D eigenvalue weighted by molar-refractivity contribution is 7.92. The van der Waals surface area contributed by atoms with Crippen LogP contribution in [-0.4, -0.2) is 23.1 Å². The fourth-order valence-electron chi connectivity index (χ4n) is 2.22. The van der Waals surface area contributed by atoms with E-state index in [1.165, 1.54) is 36.9 Å². The molecule has 1 N–H and O–H groups in total. The fourth-order valence-corrected chi connectivity index (χ4v) is 4.02. The van der Waals surface area contributed by atoms with Crippen molar-refractivity contribution in [2.24, 2.45) is 7.05 Å². The number of nitrogens with zero attached hydrogens (tertiary/aromatic N) is 3. The van der Waals surface area contributed by atoms with Crippen LogP contribution < -0.4 is 4.72 Å². The Kier molecular flexibility index (Phi) is 4.62. The van der Waals surface area contributed by atoms with Crippen LogP contribution in [0.5, 0.6) is 0 Å². The van der Waals surface area contributed by atoms with Gasteiger partial charge in [-0.15, -0.1) is 0 Å². The van der Waals surface area contributed by atoms with E-state index in [1.807, 2.05) is 0 Å². The van der Waals surface area contributed by atoms with Gasteiger partial charge in [-0.25, -0.2) is 8.42 Å². The summed E-state index contributed by atoms with van der Waals surface area (Å²) in [4.78, 5) is 10.4. The lowest BCUT2D eigenvalue weighted by molar-refractivity contribution is -0.385. The Morgan fingerprint density at radius 1 is 1.43 bits per heavy atom. The molecule has 0 amide bonds. The third kappa shape index (κ3) is 3.30. The van der Waals surface area contributed by atoms with Crippen LogP contribution in [0.15, 0.2) is 23.1 Å². The molecule has 0 bridgehead atoms. The average molecular weight is 359 g/mol. The van der Waals surface area contributed by atoms with Crippen molar-refractivity contribution in [3.8, 4) is 0 Å². The average Bonchev–Trinajstić information content (AvgIpc) is 2.71. The van der Waals surface area contributed by atoms with Gasteiger partial charge in [0.15, 0.2) is 0 Å². The first-order chi connectivity index (χ1) is 10.7. The number of aryl methyl sites for hydroxylation is 3. The Morgan fingerprint density at radius 3 is 2.57 bits per heavy atom. The van der Waals surface area contributed by atoms with Gasteiger partial charge in [-0.2, -0.15) is 5.10 Å². The first kappa shape index (κ1) is 17.2. The molecule has 0 aliphatic rings. The lowest BCUT2D eigenvalue weighted by Crippen LogP contribution is -2.14. The molecule has 8 nitrogen and oxygen atoms in total. The number of hydrogen-bond acceptors (Lipinski definition) is 5. The summed E-state index contributed by atoms with van der Waals surface area (Å²) >= 11 is 5.97. The molecule has 2 aromatic rings. The second kappa shape index (κ2) is 6.17. The van der Waals surface area contributed by atoms with E-state index in [2.05, 4.69) is 9.82 Å². The zero-order chi connectivity index (χ0) is 17.4. The third-order valence-electron chi connectivity index (χ3n) is 3.28. The molecule has 124 valence electrons. The maximum Gasteiger partial charge on any atom is 0.274 e. The number of aromatic nitrogens is 2. The molecular formula is C13H15ClN4O4S. The van der Waals surface area contributed by atoms with E-state index >= 15 is 0 Å². The first-order valence-corrected chi connectivity index (χ1v) is 8.52. The molecule has 2 rings (SSSR count). The Morgan fingerprint density at radius 2 is 2.09 bits per heavy atom. The number of rotatable bonds is 5. The van der Waals surface area contributed by atoms with E-state index in [0.29, 0.717) is 12.0 Å². The van der Waals surface area contributed by atoms with Gasteiger partial charge in [0.1, 0.15) is 10.0 Å². The molecule has 0 fully saturated rings. The molecule has 0 radical (unpaired) electrons. The summed E-state index contributed by atoms with van der Waals surface area (Å²) in [6.45, 7) is 3.30. The van der Waals surface area contributed by atoms with Crippen molar-refractivity contribution in [1.29, 1.82) is 0 Å². The van der Waals surface area contributed by atoms with E-state index in [9.17, 15) is 18.5 Å². The SMILES string of the molecule is CCc1ccc(NS(=O)(=O)c2c(C)nn(C)c2Cl)cc1[N+](=O)[O-]. The molecular weight excluding hydrogens is 344 g/mol. The predicted octanol–water partition coefficient (Wildman–Crippen LogP) is 2.65. The van der Waals surface area contributed by atoms with Crippen molar-refractivity contribution >= 4 is 33.0 Å². The molecule has 10 heteroatoms. The molecule has 1 heterocycles. The van der Waals surface area contributed by atoms with Gasteiger partial charge in [0.05, 0.1) is 16.3 Å². The number of nitrogens with one attached hydrogen (secondary N) is 1. The summed E-state index contributed by atoms with van der Waals surface area (Å²) in [7, 11) is -2.48. The minimum Gasteiger partial charge on any atom is -0.279 e. The Hall–Kier alpha value is -2.13. The fraction of sp³-hybridized carbons (Fsp3) is 0.308. The minimum absolute atomic E-state index is 0.0327. The first-order valence-electron chi connectivity index (χ1n) is 6.66. The molecule has 1 aromatic heterocycles. The van der Waals surface area contributed by atoms with Crippen LogP contribution in [0.2, 0.25) is 5.15 Å². The molecule has 0 saturated heterocycles. The normalized spacial score (nSPS) is 11.5. The summed E-state index contributed by atoms with van der Waals surface area (Å²) < 4.78 is 28.5. The number of nitro groups is 1. The third-order valence-corrected chi connectivity index (χ3v) is 5.36. The lowest BCUT2D eigenvalue weighted by Gasteiger charge is -2.09. The summed E-state index contributed by atoms with van der Waals surface area (Å²) in [5.74, 6) is 0. The van der Waals surface area contributed by atoms with E-state index in [-0.39, 0.29) is 27.1 Å². The van der Waals surface area contributed by atoms with Crippen LogP contribution in [0, 0.1) is 17.0 Å². The van der Waals surface area contributed by atoms with E-state index in [4.69, 9.17) is 11.6 Å². The van der Waals surface area contributed by atoms with Crippen LogP contribution in [0.3, 0.4) is 0 Å². The molecule has 0 atom stereocenters. The number of anilines is 1. The smallest absolute Gasteiger partial charge is 0.274 e. The van der Waals surface area contributed by atoms with Gasteiger partial charge in [-0.3, -0.25) is 19.5 Å². The summed E-state index contributed by atoms with van der Waals surface area (Å²) in [5.41, 5.74) is 0.716. The van der Waals surface area contributed by atoms with Crippen LogP contribution in [0.4, 0.5) is 11.4 Å². The van der Waals surface area contributed by atoms with Gasteiger partial charge in [0.2, 0.25) is 0 Å². The van der Waals surface area contributed by atoms with Crippen molar-refractivity contribution in [3.63, 3.8) is 0 Å². The van der Waals surface area contributed by atoms with Crippen molar-refractivity contribution in [1.82, 2.24) is 9.78 Å². The lowest BCUT2D eigenvalue weighted by atomic mass is 10.1. The number of nitro benzene ring substituents is 1. The molecule has 0 aliphatic carbocycles. The quantitative estimate of drug-likeness (QED) is 0.653. The zero-order valence-electron chi connectivity index (χ0n) is 12.7. The van der Waals surface area contributed by atoms with E-state index in [1.54, 1.807) is 6.92 Å². The van der Waals surface area contributed by atoms with Crippen LogP contribution in [0.1, 0.15) is 18.2 Å². The highest BCUT2D eigenvalue weighted by Gasteiger charge is 2.26. The van der Waals surface area contributed by atoms with Gasteiger partial charge >= 0.3 is 0 Å². The number of halogens is 1. The second-order valence-electron chi connectivity index (χ2n) is 4.89. The highest BCUT2D eigenvalue weighted by Crippen LogP contribution is 2.29. The standard InChI is InChI=1S/C13H15ClN4O4S/c1-4-9-5-6-10(7-11(9)18(19)20)16-23(21,22)12-8(2)15-17(3)13(12)14/h5-7,16H,4H2,1-3H3. The highest BCUT2D eigenvalue weighted by atomic mass is 35.5. The maximum atomic E-state index is 12.5. The summed E-state index contributed by atoms with van der Waals surface area (Å²) in [6, 6.07) is 4.19. The van der Waals surface area contributed by atoms with Crippen LogP contribution in [-0.2, 0) is 23.5 Å². The Labute approximate surface area is 138 Å². The van der Waals surface area contributed by atoms with Crippen molar-refractivity contribution in [2.75, 3.05) is 4.72 Å². The van der Waals surface area contributed by atoms with E-state index < -0.39 is 14.9 Å². The van der Waals surface area contributed by atoms with Crippen LogP contribution >= 0.6 is 11.6 Å². The predicted molar refractivity (Wildman–Crippen MR) is 86.2 cm³/mol. The largest absolute Gasteiger partial charge is 0.279 e. The number of hydrogen-bond donors (Lipinski definition) is 1. The van der Waals surface area contributed by atoms with Crippen molar-refractivity contribution < 1.29 is 13.3 Å². The van der Waals surface area contributed by atoms with Gasteiger partial charge in [-0.1, -0.05) is 24.6 Å². The topological polar surface area (TPSA) is 107 Å². The maximum absolute atomic E-state index is 12.5. The molecule has 23 heavy (non-hydrogen) atoms. The monoisotopic (exact) mass is 358 g/mol. The summed E-state index contributed by atoms with van der Waals surface area (Å²) in [6.07, 6.45) is 0.469. The van der Waals surface area contributed by atoms with Gasteiger partial charge in [0.25, 0.3) is 15.7 Å². The number of sulfonamides is 1. The molecule has 1 aromatic carbocycles. The van der Waals surface area contributed by atoms with Gasteiger partial charge in [0, 0.05) is 18.7 Å².